The minimum atomic E-state index is -3.14. The third-order valence-electron chi connectivity index (χ3n) is 5.73. The minimum Gasteiger partial charge on any atom is -0.340 e. The Kier molecular flexibility index (Phi) is 6.54. The maximum atomic E-state index is 12.8. The lowest BCUT2D eigenvalue weighted by atomic mass is 9.96. The van der Waals surface area contributed by atoms with Crippen LogP contribution in [0.3, 0.4) is 0 Å². The number of hydrogen-bond acceptors (Lipinski definition) is 5. The molecule has 0 radical (unpaired) electrons. The van der Waals surface area contributed by atoms with Crippen molar-refractivity contribution in [1.29, 1.82) is 0 Å². The average molecular weight is 398 g/mol. The largest absolute Gasteiger partial charge is 0.340 e. The van der Waals surface area contributed by atoms with Crippen LogP contribution in [0.5, 0.6) is 0 Å². The summed E-state index contributed by atoms with van der Waals surface area (Å²) in [5.41, 5.74) is 0. The van der Waals surface area contributed by atoms with Crippen molar-refractivity contribution >= 4 is 15.9 Å². The predicted octanol–water partition coefficient (Wildman–Crippen LogP) is 0.261. The summed E-state index contributed by atoms with van der Waals surface area (Å²) < 4.78 is 26.9. The molecule has 0 unspecified atom stereocenters. The summed E-state index contributed by atoms with van der Waals surface area (Å²) in [6.45, 7) is 8.24. The minimum absolute atomic E-state index is 0.0346. The zero-order valence-corrected chi connectivity index (χ0v) is 17.2. The van der Waals surface area contributed by atoms with Gasteiger partial charge in [0, 0.05) is 77.1 Å². The number of nitrogens with zero attached hydrogens (tertiary/aromatic N) is 5. The van der Waals surface area contributed by atoms with Crippen molar-refractivity contribution in [3.05, 3.63) is 18.2 Å². The van der Waals surface area contributed by atoms with Gasteiger partial charge in [0.05, 0.1) is 6.26 Å². The van der Waals surface area contributed by atoms with Crippen LogP contribution < -0.4 is 0 Å². The van der Waals surface area contributed by atoms with Gasteiger partial charge in [-0.15, -0.1) is 0 Å². The molecule has 2 aliphatic rings. The highest BCUT2D eigenvalue weighted by atomic mass is 32.2. The van der Waals surface area contributed by atoms with Crippen LogP contribution in [0.15, 0.2) is 12.4 Å². The molecule has 0 aromatic carbocycles. The first-order chi connectivity index (χ1) is 12.9. The number of hydrogen-bond donors (Lipinski definition) is 0. The van der Waals surface area contributed by atoms with E-state index in [1.54, 1.807) is 0 Å². The Morgan fingerprint density at radius 3 is 2.37 bits per heavy atom. The SMILES string of the molecule is CCc1nccn1CCN1CCN(C(=O)C2CCN(S(C)(=O)=O)CC2)CC1. The molecule has 1 amide bonds. The lowest BCUT2D eigenvalue weighted by Crippen LogP contribution is -2.52. The number of rotatable bonds is 6. The molecular weight excluding hydrogens is 366 g/mol. The summed E-state index contributed by atoms with van der Waals surface area (Å²) in [6, 6.07) is 0. The molecule has 2 aliphatic heterocycles. The summed E-state index contributed by atoms with van der Waals surface area (Å²) in [5.74, 6) is 1.28. The summed E-state index contributed by atoms with van der Waals surface area (Å²) >= 11 is 0. The molecule has 0 atom stereocenters. The molecular formula is C18H31N5O3S. The summed E-state index contributed by atoms with van der Waals surface area (Å²) in [7, 11) is -3.14. The van der Waals surface area contributed by atoms with Crippen molar-refractivity contribution in [2.24, 2.45) is 5.92 Å². The first kappa shape index (κ1) is 20.3. The number of aryl methyl sites for hydroxylation is 1. The van der Waals surface area contributed by atoms with Gasteiger partial charge in [0.1, 0.15) is 5.82 Å². The maximum absolute atomic E-state index is 12.8. The highest BCUT2D eigenvalue weighted by Gasteiger charge is 2.32. The van der Waals surface area contributed by atoms with Gasteiger partial charge in [0.25, 0.3) is 0 Å². The zero-order chi connectivity index (χ0) is 19.4. The van der Waals surface area contributed by atoms with Crippen molar-refractivity contribution in [3.8, 4) is 0 Å². The predicted molar refractivity (Wildman–Crippen MR) is 104 cm³/mol. The van der Waals surface area contributed by atoms with Crippen LogP contribution in [0.4, 0.5) is 0 Å². The van der Waals surface area contributed by atoms with E-state index in [2.05, 4.69) is 21.4 Å². The van der Waals surface area contributed by atoms with Gasteiger partial charge >= 0.3 is 0 Å². The molecule has 0 aliphatic carbocycles. The second-order valence-electron chi connectivity index (χ2n) is 7.49. The average Bonchev–Trinajstić information content (AvgIpc) is 3.13. The van der Waals surface area contributed by atoms with E-state index in [1.807, 2.05) is 17.3 Å². The van der Waals surface area contributed by atoms with Gasteiger partial charge in [-0.3, -0.25) is 9.69 Å². The van der Waals surface area contributed by atoms with Crippen molar-refractivity contribution in [3.63, 3.8) is 0 Å². The van der Waals surface area contributed by atoms with E-state index in [0.717, 1.165) is 51.5 Å². The highest BCUT2D eigenvalue weighted by Crippen LogP contribution is 2.22. The Hall–Kier alpha value is -1.45. The van der Waals surface area contributed by atoms with Gasteiger partial charge in [-0.1, -0.05) is 6.92 Å². The summed E-state index contributed by atoms with van der Waals surface area (Å²) in [4.78, 5) is 21.5. The summed E-state index contributed by atoms with van der Waals surface area (Å²) in [6.07, 6.45) is 7.32. The second-order valence-corrected chi connectivity index (χ2v) is 9.48. The van der Waals surface area contributed by atoms with Crippen molar-refractivity contribution in [2.75, 3.05) is 52.1 Å². The van der Waals surface area contributed by atoms with E-state index in [0.29, 0.717) is 25.9 Å². The van der Waals surface area contributed by atoms with Gasteiger partial charge in [-0.25, -0.2) is 17.7 Å². The molecule has 3 heterocycles. The lowest BCUT2D eigenvalue weighted by molar-refractivity contribution is -0.138. The third-order valence-corrected chi connectivity index (χ3v) is 7.03. The summed E-state index contributed by atoms with van der Waals surface area (Å²) in [5, 5.41) is 0. The fourth-order valence-electron chi connectivity index (χ4n) is 3.99. The monoisotopic (exact) mass is 397 g/mol. The highest BCUT2D eigenvalue weighted by molar-refractivity contribution is 7.88. The quantitative estimate of drug-likeness (QED) is 0.688. The fraction of sp³-hybridized carbons (Fsp3) is 0.778. The van der Waals surface area contributed by atoms with E-state index < -0.39 is 10.0 Å². The molecule has 3 rings (SSSR count). The number of aromatic nitrogens is 2. The van der Waals surface area contributed by atoms with E-state index in [-0.39, 0.29) is 11.8 Å². The molecule has 1 aromatic heterocycles. The van der Waals surface area contributed by atoms with Gasteiger partial charge in [-0.05, 0) is 12.8 Å². The molecule has 0 spiro atoms. The Labute approximate surface area is 162 Å². The van der Waals surface area contributed by atoms with Crippen LogP contribution >= 0.6 is 0 Å². The Morgan fingerprint density at radius 1 is 1.11 bits per heavy atom. The molecule has 0 bridgehead atoms. The molecule has 2 saturated heterocycles. The third kappa shape index (κ3) is 5.08. The van der Waals surface area contributed by atoms with E-state index in [1.165, 1.54) is 10.6 Å². The van der Waals surface area contributed by atoms with Gasteiger partial charge in [0.2, 0.25) is 15.9 Å². The molecule has 0 N–H and O–H groups in total. The Bertz CT molecular complexity index is 732. The van der Waals surface area contributed by atoms with Crippen LogP contribution in [0.25, 0.3) is 0 Å². The number of imidazole rings is 1. The van der Waals surface area contributed by atoms with Crippen molar-refractivity contribution in [1.82, 2.24) is 23.7 Å². The van der Waals surface area contributed by atoms with Crippen LogP contribution in [0.1, 0.15) is 25.6 Å². The first-order valence-electron chi connectivity index (χ1n) is 9.84. The normalized spacial score (nSPS) is 20.9. The smallest absolute Gasteiger partial charge is 0.225 e. The van der Waals surface area contributed by atoms with Gasteiger partial charge in [-0.2, -0.15) is 0 Å². The van der Waals surface area contributed by atoms with Gasteiger partial charge in [0.15, 0.2) is 0 Å². The molecule has 27 heavy (non-hydrogen) atoms. The first-order valence-corrected chi connectivity index (χ1v) is 11.7. The van der Waals surface area contributed by atoms with Crippen molar-refractivity contribution in [2.45, 2.75) is 32.7 Å². The lowest BCUT2D eigenvalue weighted by Gasteiger charge is -2.38. The number of sulfonamides is 1. The van der Waals surface area contributed by atoms with Gasteiger partial charge < -0.3 is 9.47 Å². The van der Waals surface area contributed by atoms with Crippen LogP contribution in [0, 0.1) is 5.92 Å². The standard InChI is InChI=1S/C18H31N5O3S/c1-3-17-19-6-9-21(17)13-10-20-11-14-22(15-12-20)18(24)16-4-7-23(8-5-16)27(2,25)26/h6,9,16H,3-5,7-8,10-15H2,1-2H3. The number of piperidine rings is 1. The number of piperazine rings is 1. The van der Waals surface area contributed by atoms with E-state index >= 15 is 0 Å². The number of carbonyl (C=O) groups is 1. The molecule has 152 valence electrons. The van der Waals surface area contributed by atoms with Crippen LogP contribution in [-0.4, -0.2) is 90.1 Å². The zero-order valence-electron chi connectivity index (χ0n) is 16.4. The molecule has 2 fully saturated rings. The molecule has 8 nitrogen and oxygen atoms in total. The van der Waals surface area contributed by atoms with Crippen molar-refractivity contribution < 1.29 is 13.2 Å². The van der Waals surface area contributed by atoms with Crippen LogP contribution in [-0.2, 0) is 27.8 Å². The maximum Gasteiger partial charge on any atom is 0.225 e. The molecule has 1 aromatic rings. The Morgan fingerprint density at radius 2 is 1.78 bits per heavy atom. The molecule has 0 saturated carbocycles. The van der Waals surface area contributed by atoms with E-state index in [9.17, 15) is 13.2 Å². The second kappa shape index (κ2) is 8.70. The number of carbonyl (C=O) groups excluding carboxylic acids is 1. The number of amides is 1. The fourth-order valence-corrected chi connectivity index (χ4v) is 4.87. The van der Waals surface area contributed by atoms with E-state index in [4.69, 9.17) is 0 Å². The molecule has 9 heteroatoms. The Balaban J connectivity index is 1.42. The topological polar surface area (TPSA) is 78.8 Å². The van der Waals surface area contributed by atoms with Crippen LogP contribution in [0.2, 0.25) is 0 Å².